The number of amides is 1. The van der Waals surface area contributed by atoms with Crippen molar-refractivity contribution in [3.63, 3.8) is 0 Å². The topological polar surface area (TPSA) is 84.9 Å². The number of carboxylic acids is 1. The van der Waals surface area contributed by atoms with Crippen molar-refractivity contribution in [3.8, 4) is 5.75 Å². The normalized spacial score (nSPS) is 18.4. The quantitative estimate of drug-likeness (QED) is 0.688. The van der Waals surface area contributed by atoms with Crippen LogP contribution in [0.2, 0.25) is 0 Å². The first kappa shape index (κ1) is 21.8. The Hall–Kier alpha value is -2.86. The van der Waals surface area contributed by atoms with Crippen molar-refractivity contribution in [2.75, 3.05) is 13.7 Å². The Bertz CT molecular complexity index is 898. The first-order valence-corrected chi connectivity index (χ1v) is 10.3. The van der Waals surface area contributed by atoms with Crippen molar-refractivity contribution < 1.29 is 24.2 Å². The highest BCUT2D eigenvalue weighted by Gasteiger charge is 2.43. The van der Waals surface area contributed by atoms with Crippen molar-refractivity contribution in [1.29, 1.82) is 0 Å². The molecule has 1 atom stereocenters. The Morgan fingerprint density at radius 2 is 1.93 bits per heavy atom. The Balaban J connectivity index is 1.72. The maximum Gasteiger partial charge on any atom is 0.336 e. The van der Waals surface area contributed by atoms with Crippen LogP contribution >= 0.6 is 0 Å². The second-order valence-electron chi connectivity index (χ2n) is 8.03. The van der Waals surface area contributed by atoms with E-state index in [1.807, 2.05) is 36.4 Å². The van der Waals surface area contributed by atoms with E-state index >= 15 is 0 Å². The molecule has 6 nitrogen and oxygen atoms in total. The zero-order valence-electron chi connectivity index (χ0n) is 17.7. The summed E-state index contributed by atoms with van der Waals surface area (Å²) in [6.45, 7) is 4.96. The number of rotatable bonds is 8. The summed E-state index contributed by atoms with van der Waals surface area (Å²) in [6.07, 6.45) is 1.51. The number of aliphatic carboxylic acids is 1. The van der Waals surface area contributed by atoms with Crippen molar-refractivity contribution in [1.82, 2.24) is 5.32 Å². The third kappa shape index (κ3) is 4.82. The van der Waals surface area contributed by atoms with Crippen LogP contribution in [0.1, 0.15) is 59.7 Å². The maximum absolute atomic E-state index is 12.6. The minimum atomic E-state index is -1.17. The van der Waals surface area contributed by atoms with Gasteiger partial charge in [0, 0.05) is 30.7 Å². The summed E-state index contributed by atoms with van der Waals surface area (Å²) in [5.74, 6) is -0.0487. The van der Waals surface area contributed by atoms with Crippen LogP contribution in [0.4, 0.5) is 0 Å². The first-order chi connectivity index (χ1) is 14.3. The minimum absolute atomic E-state index is 0.168. The Labute approximate surface area is 177 Å². The lowest BCUT2D eigenvalue weighted by molar-refractivity contribution is -0.159. The van der Waals surface area contributed by atoms with Gasteiger partial charge in [0.1, 0.15) is 5.75 Å². The molecule has 0 radical (unpaired) electrons. The van der Waals surface area contributed by atoms with E-state index in [4.69, 9.17) is 9.47 Å². The summed E-state index contributed by atoms with van der Waals surface area (Å²) in [4.78, 5) is 24.3. The fourth-order valence-electron chi connectivity index (χ4n) is 3.79. The molecule has 1 fully saturated rings. The lowest BCUT2D eigenvalue weighted by Crippen LogP contribution is -2.40. The number of hydrogen-bond acceptors (Lipinski definition) is 4. The molecule has 1 unspecified atom stereocenters. The molecule has 6 heteroatoms. The standard InChI is InChI=1S/C24H29NO5/c1-16(2)18-6-8-19(9-7-18)22(26)25-15-20-13-17(5-10-21(20)29-3)14-24(23(27)28)11-4-12-30-24/h5-10,13,16H,4,11-12,14-15H2,1-3H3,(H,25,26)(H,27,28). The molecule has 1 aliphatic rings. The number of ether oxygens (including phenoxy) is 2. The van der Waals surface area contributed by atoms with Crippen molar-refractivity contribution in [2.45, 2.75) is 51.2 Å². The fraction of sp³-hybridized carbons (Fsp3) is 0.417. The highest BCUT2D eigenvalue weighted by atomic mass is 16.5. The average Bonchev–Trinajstić information content (AvgIpc) is 3.22. The third-order valence-electron chi connectivity index (χ3n) is 5.61. The molecule has 0 saturated carbocycles. The summed E-state index contributed by atoms with van der Waals surface area (Å²) in [6, 6.07) is 13.1. The lowest BCUT2D eigenvalue weighted by atomic mass is 9.91. The van der Waals surface area contributed by atoms with Gasteiger partial charge in [-0.05, 0) is 48.1 Å². The third-order valence-corrected chi connectivity index (χ3v) is 5.61. The van der Waals surface area contributed by atoms with Crippen LogP contribution in [0.5, 0.6) is 5.75 Å². The van der Waals surface area contributed by atoms with E-state index in [2.05, 4.69) is 19.2 Å². The zero-order chi connectivity index (χ0) is 21.7. The molecule has 1 amide bonds. The summed E-state index contributed by atoms with van der Waals surface area (Å²) in [7, 11) is 1.57. The van der Waals surface area contributed by atoms with E-state index in [1.54, 1.807) is 13.2 Å². The molecule has 0 aromatic heterocycles. The number of carbonyl (C=O) groups is 2. The highest BCUT2D eigenvalue weighted by Crippen LogP contribution is 2.31. The van der Waals surface area contributed by atoms with Crippen LogP contribution in [0.15, 0.2) is 42.5 Å². The number of benzene rings is 2. The average molecular weight is 411 g/mol. The van der Waals surface area contributed by atoms with Crippen molar-refractivity contribution >= 4 is 11.9 Å². The molecule has 1 heterocycles. The van der Waals surface area contributed by atoms with Crippen LogP contribution in [0, 0.1) is 0 Å². The lowest BCUT2D eigenvalue weighted by Gasteiger charge is -2.24. The zero-order valence-corrected chi connectivity index (χ0v) is 17.7. The number of methoxy groups -OCH3 is 1. The van der Waals surface area contributed by atoms with E-state index in [9.17, 15) is 14.7 Å². The molecule has 3 rings (SSSR count). The van der Waals surface area contributed by atoms with Gasteiger partial charge in [-0.2, -0.15) is 0 Å². The Morgan fingerprint density at radius 1 is 1.20 bits per heavy atom. The smallest absolute Gasteiger partial charge is 0.336 e. The van der Waals surface area contributed by atoms with E-state index in [-0.39, 0.29) is 18.9 Å². The largest absolute Gasteiger partial charge is 0.496 e. The van der Waals surface area contributed by atoms with Crippen LogP contribution in [0.3, 0.4) is 0 Å². The monoisotopic (exact) mass is 411 g/mol. The molecule has 1 aliphatic heterocycles. The Morgan fingerprint density at radius 3 is 2.50 bits per heavy atom. The predicted octanol–water partition coefficient (Wildman–Crippen LogP) is 3.92. The molecule has 30 heavy (non-hydrogen) atoms. The highest BCUT2D eigenvalue weighted by molar-refractivity contribution is 5.94. The fourth-order valence-corrected chi connectivity index (χ4v) is 3.79. The minimum Gasteiger partial charge on any atom is -0.496 e. The van der Waals surface area contributed by atoms with Gasteiger partial charge in [0.2, 0.25) is 0 Å². The van der Waals surface area contributed by atoms with Crippen molar-refractivity contribution in [3.05, 3.63) is 64.7 Å². The first-order valence-electron chi connectivity index (χ1n) is 10.3. The van der Waals surface area contributed by atoms with Crippen molar-refractivity contribution in [2.24, 2.45) is 0 Å². The van der Waals surface area contributed by atoms with E-state index in [1.165, 1.54) is 5.56 Å². The molecule has 1 saturated heterocycles. The molecular weight excluding hydrogens is 382 g/mol. The van der Waals surface area contributed by atoms with Gasteiger partial charge in [-0.25, -0.2) is 4.79 Å². The van der Waals surface area contributed by atoms with E-state index < -0.39 is 11.6 Å². The number of nitrogens with one attached hydrogen (secondary N) is 1. The van der Waals surface area contributed by atoms with Gasteiger partial charge >= 0.3 is 5.97 Å². The molecule has 2 aromatic carbocycles. The van der Waals surface area contributed by atoms with Gasteiger partial charge in [-0.3, -0.25) is 4.79 Å². The van der Waals surface area contributed by atoms with Crippen LogP contribution < -0.4 is 10.1 Å². The number of carbonyl (C=O) groups excluding carboxylic acids is 1. The molecule has 0 spiro atoms. The molecule has 2 N–H and O–H groups in total. The van der Waals surface area contributed by atoms with Crippen LogP contribution in [-0.4, -0.2) is 36.3 Å². The predicted molar refractivity (Wildman–Crippen MR) is 114 cm³/mol. The van der Waals surface area contributed by atoms with Gasteiger partial charge in [-0.15, -0.1) is 0 Å². The summed E-state index contributed by atoms with van der Waals surface area (Å²) in [5.41, 5.74) is 2.24. The molecule has 0 bridgehead atoms. The second-order valence-corrected chi connectivity index (χ2v) is 8.03. The molecular formula is C24H29NO5. The van der Waals surface area contributed by atoms with Gasteiger partial charge in [-0.1, -0.05) is 38.1 Å². The molecule has 2 aromatic rings. The van der Waals surface area contributed by atoms with Gasteiger partial charge < -0.3 is 19.9 Å². The van der Waals surface area contributed by atoms with Crippen LogP contribution in [0.25, 0.3) is 0 Å². The summed E-state index contributed by atoms with van der Waals surface area (Å²) >= 11 is 0. The Kier molecular flexibility index (Phi) is 6.77. The SMILES string of the molecule is COc1ccc(CC2(C(=O)O)CCCO2)cc1CNC(=O)c1ccc(C(C)C)cc1. The van der Waals surface area contributed by atoms with E-state index in [0.29, 0.717) is 30.3 Å². The molecule has 160 valence electrons. The van der Waals surface area contributed by atoms with Gasteiger partial charge in [0.15, 0.2) is 5.60 Å². The van der Waals surface area contributed by atoms with Crippen LogP contribution in [-0.2, 0) is 22.5 Å². The summed E-state index contributed by atoms with van der Waals surface area (Å²) < 4.78 is 11.0. The summed E-state index contributed by atoms with van der Waals surface area (Å²) in [5, 5.41) is 12.6. The number of carboxylic acid groups (broad SMARTS) is 1. The maximum atomic E-state index is 12.6. The van der Waals surface area contributed by atoms with Gasteiger partial charge in [0.25, 0.3) is 5.91 Å². The van der Waals surface area contributed by atoms with Gasteiger partial charge in [0.05, 0.1) is 7.11 Å². The van der Waals surface area contributed by atoms with E-state index in [0.717, 1.165) is 17.5 Å². The number of hydrogen-bond donors (Lipinski definition) is 2. The second kappa shape index (κ2) is 9.30. The molecule has 0 aliphatic carbocycles.